The summed E-state index contributed by atoms with van der Waals surface area (Å²) in [5.41, 5.74) is 0.477. The number of benzene rings is 2. The molecule has 2 aromatic rings. The van der Waals surface area contributed by atoms with Gasteiger partial charge in [-0.05, 0) is 17.7 Å². The van der Waals surface area contributed by atoms with Gasteiger partial charge in [0.1, 0.15) is 0 Å². The van der Waals surface area contributed by atoms with Gasteiger partial charge in [-0.15, -0.1) is 0 Å². The lowest BCUT2D eigenvalue weighted by Gasteiger charge is -2.21. The first-order valence-electron chi connectivity index (χ1n) is 6.43. The van der Waals surface area contributed by atoms with E-state index in [0.29, 0.717) is 5.56 Å². The quantitative estimate of drug-likeness (QED) is 0.913. The number of carbonyl (C=O) groups is 1. The average molecular weight is 293 g/mol. The maximum atomic E-state index is 13.1. The fraction of sp³-hybridized carbons (Fsp3) is 0.188. The van der Waals surface area contributed by atoms with E-state index in [2.05, 4.69) is 5.32 Å². The van der Waals surface area contributed by atoms with Crippen molar-refractivity contribution in [2.45, 2.75) is 12.1 Å². The normalized spacial score (nSPS) is 12.7. The Kier molecular flexibility index (Phi) is 4.62. The van der Waals surface area contributed by atoms with Crippen molar-refractivity contribution < 1.29 is 18.0 Å². The summed E-state index contributed by atoms with van der Waals surface area (Å²) >= 11 is 0. The topological polar surface area (TPSA) is 29.1 Å². The summed E-state index contributed by atoms with van der Waals surface area (Å²) < 4.78 is 39.3. The average Bonchev–Trinajstić information content (AvgIpc) is 2.48. The smallest absolute Gasteiger partial charge is 0.351 e. The molecule has 0 saturated heterocycles. The zero-order valence-corrected chi connectivity index (χ0v) is 11.1. The predicted molar refractivity (Wildman–Crippen MR) is 74.0 cm³/mol. The summed E-state index contributed by atoms with van der Waals surface area (Å²) in [4.78, 5) is 11.8. The fourth-order valence-electron chi connectivity index (χ4n) is 1.99. The molecule has 2 rings (SSSR count). The minimum absolute atomic E-state index is 0.137. The molecule has 1 N–H and O–H groups in total. The monoisotopic (exact) mass is 293 g/mol. The number of hydrogen-bond acceptors (Lipinski definition) is 1. The van der Waals surface area contributed by atoms with Crippen LogP contribution >= 0.6 is 0 Å². The summed E-state index contributed by atoms with van der Waals surface area (Å²) in [6, 6.07) is 15.7. The third-order valence-corrected chi connectivity index (χ3v) is 3.10. The molecule has 21 heavy (non-hydrogen) atoms. The summed E-state index contributed by atoms with van der Waals surface area (Å²) in [5.74, 6) is -2.23. The van der Waals surface area contributed by atoms with Gasteiger partial charge in [0.2, 0.25) is 0 Å². The van der Waals surface area contributed by atoms with Gasteiger partial charge in [-0.3, -0.25) is 4.79 Å². The van der Waals surface area contributed by atoms with Crippen molar-refractivity contribution >= 4 is 5.91 Å². The molecule has 0 fully saturated rings. The lowest BCUT2D eigenvalue weighted by Crippen LogP contribution is -2.35. The minimum atomic E-state index is -4.41. The predicted octanol–water partition coefficient (Wildman–Crippen LogP) is 3.76. The van der Waals surface area contributed by atoms with Crippen LogP contribution < -0.4 is 5.32 Å². The first-order chi connectivity index (χ1) is 9.98. The van der Waals surface area contributed by atoms with Gasteiger partial charge in [-0.2, -0.15) is 13.2 Å². The van der Waals surface area contributed by atoms with Gasteiger partial charge in [-0.1, -0.05) is 48.5 Å². The first-order valence-corrected chi connectivity index (χ1v) is 6.43. The Hall–Kier alpha value is -2.30. The van der Waals surface area contributed by atoms with Crippen LogP contribution in [-0.2, 0) is 0 Å². The first kappa shape index (κ1) is 15.1. The van der Waals surface area contributed by atoms with Crippen LogP contribution in [0.5, 0.6) is 0 Å². The second-order valence-electron chi connectivity index (χ2n) is 4.58. The highest BCUT2D eigenvalue weighted by Gasteiger charge is 2.40. The Bertz CT molecular complexity index is 581. The number of alkyl halides is 3. The van der Waals surface area contributed by atoms with E-state index in [-0.39, 0.29) is 5.56 Å². The zero-order chi connectivity index (χ0) is 15.3. The van der Waals surface area contributed by atoms with E-state index in [0.717, 1.165) is 0 Å². The van der Waals surface area contributed by atoms with Gasteiger partial charge in [0, 0.05) is 12.1 Å². The standard InChI is InChI=1S/C16H14F3NO/c17-16(18,19)14(12-7-3-1-4-8-12)11-20-15(21)13-9-5-2-6-10-13/h1-10,14H,11H2,(H,20,21). The van der Waals surface area contributed by atoms with Crippen molar-refractivity contribution in [1.29, 1.82) is 0 Å². The molecular weight excluding hydrogens is 279 g/mol. The van der Waals surface area contributed by atoms with E-state index in [1.54, 1.807) is 48.5 Å². The molecule has 0 aliphatic heterocycles. The van der Waals surface area contributed by atoms with Gasteiger partial charge in [-0.25, -0.2) is 0 Å². The van der Waals surface area contributed by atoms with Gasteiger partial charge < -0.3 is 5.32 Å². The molecule has 110 valence electrons. The molecule has 1 amide bonds. The largest absolute Gasteiger partial charge is 0.397 e. The molecule has 0 aromatic heterocycles. The summed E-state index contributed by atoms with van der Waals surface area (Å²) in [7, 11) is 0. The maximum Gasteiger partial charge on any atom is 0.397 e. The van der Waals surface area contributed by atoms with Crippen LogP contribution in [-0.4, -0.2) is 18.6 Å². The molecule has 1 atom stereocenters. The Morgan fingerprint density at radius 1 is 0.952 bits per heavy atom. The van der Waals surface area contributed by atoms with Crippen molar-refractivity contribution in [3.63, 3.8) is 0 Å². The number of rotatable bonds is 4. The van der Waals surface area contributed by atoms with Gasteiger partial charge in [0.15, 0.2) is 0 Å². The van der Waals surface area contributed by atoms with Gasteiger partial charge in [0.05, 0.1) is 5.92 Å². The van der Waals surface area contributed by atoms with Crippen LogP contribution in [0.15, 0.2) is 60.7 Å². The lowest BCUT2D eigenvalue weighted by molar-refractivity contribution is -0.149. The van der Waals surface area contributed by atoms with E-state index in [1.165, 1.54) is 12.1 Å². The third kappa shape index (κ3) is 4.08. The highest BCUT2D eigenvalue weighted by Crippen LogP contribution is 2.34. The van der Waals surface area contributed by atoms with Crippen molar-refractivity contribution in [2.75, 3.05) is 6.54 Å². The third-order valence-electron chi connectivity index (χ3n) is 3.10. The van der Waals surface area contributed by atoms with Crippen molar-refractivity contribution in [1.82, 2.24) is 5.32 Å². The van der Waals surface area contributed by atoms with Crippen LogP contribution in [0.25, 0.3) is 0 Å². The molecule has 0 heterocycles. The molecule has 0 radical (unpaired) electrons. The molecule has 0 bridgehead atoms. The van der Waals surface area contributed by atoms with Gasteiger partial charge >= 0.3 is 6.18 Å². The number of nitrogens with one attached hydrogen (secondary N) is 1. The molecule has 2 nitrogen and oxygen atoms in total. The van der Waals surface area contributed by atoms with E-state index < -0.39 is 24.5 Å². The number of amides is 1. The summed E-state index contributed by atoms with van der Waals surface area (Å²) in [5, 5.41) is 2.35. The van der Waals surface area contributed by atoms with E-state index >= 15 is 0 Å². The highest BCUT2D eigenvalue weighted by molar-refractivity contribution is 5.94. The SMILES string of the molecule is O=C(NCC(c1ccccc1)C(F)(F)F)c1ccccc1. The Balaban J connectivity index is 2.09. The second kappa shape index (κ2) is 6.43. The number of hydrogen-bond donors (Lipinski definition) is 1. The molecule has 0 saturated carbocycles. The van der Waals surface area contributed by atoms with Crippen LogP contribution in [0.2, 0.25) is 0 Å². The van der Waals surface area contributed by atoms with Crippen molar-refractivity contribution in [3.8, 4) is 0 Å². The molecule has 1 unspecified atom stereocenters. The number of halogens is 3. The van der Waals surface area contributed by atoms with E-state index in [9.17, 15) is 18.0 Å². The van der Waals surface area contributed by atoms with E-state index in [4.69, 9.17) is 0 Å². The zero-order valence-electron chi connectivity index (χ0n) is 11.1. The molecular formula is C16H14F3NO. The summed E-state index contributed by atoms with van der Waals surface area (Å²) in [6.07, 6.45) is -4.41. The molecule has 5 heteroatoms. The Labute approximate surface area is 120 Å². The lowest BCUT2D eigenvalue weighted by atomic mass is 9.98. The molecule has 0 spiro atoms. The van der Waals surface area contributed by atoms with E-state index in [1.807, 2.05) is 0 Å². The van der Waals surface area contributed by atoms with Crippen molar-refractivity contribution in [2.24, 2.45) is 0 Å². The van der Waals surface area contributed by atoms with Crippen LogP contribution in [0.4, 0.5) is 13.2 Å². The fourth-order valence-corrected chi connectivity index (χ4v) is 1.99. The van der Waals surface area contributed by atoms with Crippen LogP contribution in [0.1, 0.15) is 21.8 Å². The van der Waals surface area contributed by atoms with Crippen LogP contribution in [0.3, 0.4) is 0 Å². The second-order valence-corrected chi connectivity index (χ2v) is 4.58. The van der Waals surface area contributed by atoms with Crippen LogP contribution in [0, 0.1) is 0 Å². The number of carbonyl (C=O) groups excluding carboxylic acids is 1. The maximum absolute atomic E-state index is 13.1. The summed E-state index contributed by atoms with van der Waals surface area (Å²) in [6.45, 7) is -0.485. The molecule has 0 aliphatic rings. The van der Waals surface area contributed by atoms with Gasteiger partial charge in [0.25, 0.3) is 5.91 Å². The molecule has 2 aromatic carbocycles. The van der Waals surface area contributed by atoms with Crippen molar-refractivity contribution in [3.05, 3.63) is 71.8 Å². The Morgan fingerprint density at radius 2 is 1.48 bits per heavy atom. The highest BCUT2D eigenvalue weighted by atomic mass is 19.4. The Morgan fingerprint density at radius 3 is 2.00 bits per heavy atom. The molecule has 0 aliphatic carbocycles. The minimum Gasteiger partial charge on any atom is -0.351 e.